The summed E-state index contributed by atoms with van der Waals surface area (Å²) in [7, 11) is 0. The van der Waals surface area contributed by atoms with E-state index in [9.17, 15) is 24.9 Å². The highest BCUT2D eigenvalue weighted by molar-refractivity contribution is 14.1. The molecule has 0 aliphatic heterocycles. The predicted molar refractivity (Wildman–Crippen MR) is 191 cm³/mol. The zero-order valence-electron chi connectivity index (χ0n) is 18.4. The number of rotatable bonds is 9. The van der Waals surface area contributed by atoms with Crippen molar-refractivity contribution in [2.75, 3.05) is 0 Å². The van der Waals surface area contributed by atoms with Crippen LogP contribution in [0.3, 0.4) is 0 Å². The molecule has 196 valence electrons. The summed E-state index contributed by atoms with van der Waals surface area (Å²) in [6.45, 7) is 0. The first-order chi connectivity index (χ1) is 17.3. The Kier molecular flexibility index (Phi) is 12.1. The molecule has 0 amide bonds. The van der Waals surface area contributed by atoms with E-state index in [1.807, 2.05) is 90.4 Å². The molecule has 0 heterocycles. The average Bonchev–Trinajstić information content (AvgIpc) is 2.81. The maximum Gasteiger partial charge on any atom is 0.314 e. The van der Waals surface area contributed by atoms with E-state index in [0.717, 1.165) is 12.7 Å². The summed E-state index contributed by atoms with van der Waals surface area (Å²) in [4.78, 5) is 25.2. The highest BCUT2D eigenvalue weighted by atomic mass is 127. The molecule has 0 fully saturated rings. The number of Topliss-reactive ketones (excluding diaryl/α,β-unsaturated/α-hetero) is 1. The topological polar surface area (TPSA) is 130 Å². The fraction of sp³-hybridized carbons (Fsp3) is 0.167. The number of ether oxygens (including phenoxy) is 1. The zero-order valence-corrected chi connectivity index (χ0v) is 31.4. The van der Waals surface area contributed by atoms with Crippen molar-refractivity contribution in [3.63, 3.8) is 0 Å². The first-order valence-electron chi connectivity index (χ1n) is 10.3. The fourth-order valence-corrected chi connectivity index (χ4v) is 9.17. The van der Waals surface area contributed by atoms with Crippen LogP contribution in [-0.2, 0) is 22.4 Å². The quantitative estimate of drug-likeness (QED) is 0.136. The van der Waals surface area contributed by atoms with Gasteiger partial charge in [0.2, 0.25) is 0 Å². The van der Waals surface area contributed by atoms with Crippen molar-refractivity contribution in [3.8, 4) is 23.0 Å². The number of benzene rings is 3. The van der Waals surface area contributed by atoms with Gasteiger partial charge in [0.25, 0.3) is 0 Å². The lowest BCUT2D eigenvalue weighted by atomic mass is 9.89. The van der Waals surface area contributed by atoms with Crippen molar-refractivity contribution in [2.45, 2.75) is 18.9 Å². The minimum atomic E-state index is -1.30. The molecule has 37 heavy (non-hydrogen) atoms. The number of nitrogens with two attached hydrogens (primary N) is 1. The van der Waals surface area contributed by atoms with Gasteiger partial charge in [-0.05, 0) is 196 Å². The van der Waals surface area contributed by atoms with Crippen molar-refractivity contribution in [1.82, 2.24) is 0 Å². The molecule has 13 heteroatoms. The van der Waals surface area contributed by atoms with Crippen LogP contribution in [0.5, 0.6) is 23.0 Å². The summed E-state index contributed by atoms with van der Waals surface area (Å²) in [6.07, 6.45) is 0.161. The predicted octanol–water partition coefficient (Wildman–Crippen LogP) is 6.90. The Labute approximate surface area is 294 Å². The van der Waals surface area contributed by atoms with Gasteiger partial charge in [0, 0.05) is 0 Å². The molecule has 3 aromatic rings. The van der Waals surface area contributed by atoms with E-state index in [4.69, 9.17) is 10.5 Å². The Morgan fingerprint density at radius 2 is 1.14 bits per heavy atom. The summed E-state index contributed by atoms with van der Waals surface area (Å²) >= 11 is 12.3. The van der Waals surface area contributed by atoms with Crippen LogP contribution in [0, 0.1) is 27.3 Å². The minimum Gasteiger partial charge on any atom is -0.506 e. The molecule has 0 aliphatic rings. The molecule has 0 spiro atoms. The lowest BCUT2D eigenvalue weighted by Gasteiger charge is -2.18. The van der Waals surface area contributed by atoms with Crippen LogP contribution in [0.4, 0.5) is 0 Å². The smallest absolute Gasteiger partial charge is 0.314 e. The van der Waals surface area contributed by atoms with Gasteiger partial charge in [-0.25, -0.2) is 0 Å². The van der Waals surface area contributed by atoms with Crippen molar-refractivity contribution in [2.24, 2.45) is 11.7 Å². The van der Waals surface area contributed by atoms with E-state index in [-0.39, 0.29) is 24.3 Å². The van der Waals surface area contributed by atoms with Crippen molar-refractivity contribution in [1.29, 1.82) is 0 Å². The van der Waals surface area contributed by atoms with Crippen LogP contribution in [0.15, 0.2) is 36.4 Å². The monoisotopic (exact) mass is 1180 g/mol. The molecule has 0 radical (unpaired) electrons. The van der Waals surface area contributed by atoms with Gasteiger partial charge in [-0.3, -0.25) is 9.59 Å². The van der Waals surface area contributed by atoms with Crippen molar-refractivity contribution < 1.29 is 29.6 Å². The molecule has 7 nitrogen and oxygen atoms in total. The molecule has 0 aromatic heterocycles. The van der Waals surface area contributed by atoms with E-state index >= 15 is 0 Å². The molecule has 2 atom stereocenters. The van der Waals surface area contributed by atoms with Gasteiger partial charge >= 0.3 is 5.97 Å². The fourth-order valence-electron chi connectivity index (χ4n) is 3.44. The average molecular weight is 1180 g/mol. The van der Waals surface area contributed by atoms with Crippen LogP contribution in [-0.4, -0.2) is 33.1 Å². The van der Waals surface area contributed by atoms with E-state index < -0.39 is 23.7 Å². The third-order valence-electron chi connectivity index (χ3n) is 5.25. The van der Waals surface area contributed by atoms with Gasteiger partial charge in [-0.1, -0.05) is 0 Å². The van der Waals surface area contributed by atoms with E-state index in [0.29, 0.717) is 31.3 Å². The standard InChI is InChI=1S/C24H17I6NO6/c25-13-2-10(3-14(26)21(13)33)6-19(31)20(32)12(24(35)36)1-9-4-17(29)23(18(30)5-9)37-11-7-15(27)22(34)16(28)8-11/h2-5,7-8,12,19,33-34H,1,6,31H2,(H,35,36)/t12-,19+/m1/s1. The van der Waals surface area contributed by atoms with Crippen molar-refractivity contribution in [3.05, 3.63) is 68.9 Å². The molecule has 0 unspecified atom stereocenters. The Balaban J connectivity index is 1.80. The number of hydrogen-bond acceptors (Lipinski definition) is 6. The van der Waals surface area contributed by atoms with Crippen LogP contribution in [0.2, 0.25) is 0 Å². The van der Waals surface area contributed by atoms with Crippen molar-refractivity contribution >= 4 is 147 Å². The molecule has 5 N–H and O–H groups in total. The summed E-state index contributed by atoms with van der Waals surface area (Å²) < 4.78 is 10.2. The normalized spacial score (nSPS) is 12.7. The largest absolute Gasteiger partial charge is 0.506 e. The van der Waals surface area contributed by atoms with Gasteiger partial charge in [-0.2, -0.15) is 0 Å². The van der Waals surface area contributed by atoms with Crippen LogP contribution in [0.25, 0.3) is 0 Å². The number of carbonyl (C=O) groups is 2. The first kappa shape index (κ1) is 32.1. The number of carboxylic acids is 1. The maximum absolute atomic E-state index is 13.1. The Morgan fingerprint density at radius 3 is 1.59 bits per heavy atom. The number of aromatic hydroxyl groups is 2. The number of carbonyl (C=O) groups excluding carboxylic acids is 1. The Morgan fingerprint density at radius 1 is 0.730 bits per heavy atom. The molecular weight excluding hydrogens is 1160 g/mol. The van der Waals surface area contributed by atoms with E-state index in [2.05, 4.69) is 45.2 Å². The molecule has 0 bridgehead atoms. The number of halogens is 6. The van der Waals surface area contributed by atoms with Gasteiger partial charge in [0.1, 0.15) is 23.2 Å². The summed E-state index contributed by atoms with van der Waals surface area (Å²) in [5.74, 6) is -1.54. The van der Waals surface area contributed by atoms with Gasteiger partial charge in [0.05, 0.1) is 27.5 Å². The van der Waals surface area contributed by atoms with Crippen LogP contribution in [0.1, 0.15) is 11.1 Å². The third kappa shape index (κ3) is 8.28. The lowest BCUT2D eigenvalue weighted by Crippen LogP contribution is -2.41. The van der Waals surface area contributed by atoms with Gasteiger partial charge in [0.15, 0.2) is 11.5 Å². The number of hydrogen-bond donors (Lipinski definition) is 4. The minimum absolute atomic E-state index is 0.00615. The number of phenols is 2. The zero-order chi connectivity index (χ0) is 27.6. The van der Waals surface area contributed by atoms with Gasteiger partial charge < -0.3 is 25.8 Å². The Bertz CT molecular complexity index is 1310. The lowest BCUT2D eigenvalue weighted by molar-refractivity contribution is -0.146. The Hall–Kier alpha value is 0.540. The second-order valence-corrected chi connectivity index (χ2v) is 14.9. The molecule has 0 aliphatic carbocycles. The number of phenolic OH excluding ortho intramolecular Hbond substituents is 2. The molecule has 0 saturated heterocycles. The number of carboxylic acid groups (broad SMARTS) is 1. The second-order valence-electron chi connectivity index (χ2n) is 7.94. The molecular formula is C24H17I6NO6. The summed E-state index contributed by atoms with van der Waals surface area (Å²) in [5, 5.41) is 29.8. The molecule has 3 aromatic carbocycles. The first-order valence-corrected chi connectivity index (χ1v) is 16.8. The van der Waals surface area contributed by atoms with Crippen LogP contribution >= 0.6 is 136 Å². The van der Waals surface area contributed by atoms with Crippen LogP contribution < -0.4 is 10.5 Å². The SMILES string of the molecule is N[C@@H](Cc1cc(I)c(O)c(I)c1)C(=O)[C@@H](Cc1cc(I)c(Oc2cc(I)c(O)c(I)c2)c(I)c1)C(=O)O. The van der Waals surface area contributed by atoms with Gasteiger partial charge in [-0.15, -0.1) is 0 Å². The highest BCUT2D eigenvalue weighted by Crippen LogP contribution is 2.37. The van der Waals surface area contributed by atoms with E-state index in [1.165, 1.54) is 0 Å². The number of aliphatic carboxylic acids is 1. The highest BCUT2D eigenvalue weighted by Gasteiger charge is 2.31. The summed E-state index contributed by atoms with van der Waals surface area (Å²) in [5.41, 5.74) is 7.59. The second kappa shape index (κ2) is 13.9. The molecule has 3 rings (SSSR count). The van der Waals surface area contributed by atoms with E-state index in [1.54, 1.807) is 36.4 Å². The number of ketones is 1. The summed E-state index contributed by atoms with van der Waals surface area (Å²) in [6, 6.07) is 9.53. The molecule has 0 saturated carbocycles. The third-order valence-corrected chi connectivity index (χ3v) is 10.1. The maximum atomic E-state index is 13.1.